The molecular weight excluding hydrogens is 403 g/mol. The van der Waals surface area contributed by atoms with Crippen LogP contribution in [0.2, 0.25) is 0 Å². The number of hydrogen-bond donors (Lipinski definition) is 1. The summed E-state index contributed by atoms with van der Waals surface area (Å²) in [5.74, 6) is 1.43. The highest BCUT2D eigenvalue weighted by atomic mass is 19.1. The van der Waals surface area contributed by atoms with Crippen LogP contribution < -0.4 is 10.2 Å². The highest BCUT2D eigenvalue weighted by Crippen LogP contribution is 2.30. The molecule has 1 aliphatic heterocycles. The Morgan fingerprint density at radius 3 is 2.50 bits per heavy atom. The van der Waals surface area contributed by atoms with Crippen molar-refractivity contribution < 1.29 is 4.39 Å². The monoisotopic (exact) mass is 430 g/mol. The van der Waals surface area contributed by atoms with Crippen molar-refractivity contribution in [1.29, 1.82) is 0 Å². The highest BCUT2D eigenvalue weighted by molar-refractivity contribution is 5.91. The van der Waals surface area contributed by atoms with Crippen LogP contribution in [0, 0.1) is 19.7 Å². The molecule has 32 heavy (non-hydrogen) atoms. The van der Waals surface area contributed by atoms with Gasteiger partial charge in [-0.05, 0) is 56.6 Å². The van der Waals surface area contributed by atoms with Crippen LogP contribution >= 0.6 is 0 Å². The number of halogens is 1. The molecule has 5 rings (SSSR count). The van der Waals surface area contributed by atoms with E-state index in [1.165, 1.54) is 23.3 Å². The first-order valence-corrected chi connectivity index (χ1v) is 11.1. The quantitative estimate of drug-likeness (QED) is 0.531. The molecule has 2 aromatic heterocycles. The van der Waals surface area contributed by atoms with Crippen LogP contribution in [0.25, 0.3) is 16.7 Å². The predicted octanol–water partition coefficient (Wildman–Crippen LogP) is 3.96. The summed E-state index contributed by atoms with van der Waals surface area (Å²) in [7, 11) is 0. The number of anilines is 1. The van der Waals surface area contributed by atoms with E-state index in [1.54, 1.807) is 12.1 Å². The summed E-state index contributed by atoms with van der Waals surface area (Å²) in [6, 6.07) is 14.9. The molecule has 1 saturated heterocycles. The van der Waals surface area contributed by atoms with Gasteiger partial charge < -0.3 is 10.2 Å². The minimum Gasteiger partial charge on any atom is -0.355 e. The number of benzene rings is 2. The van der Waals surface area contributed by atoms with Gasteiger partial charge >= 0.3 is 0 Å². The third-order valence-electron chi connectivity index (χ3n) is 5.92. The van der Waals surface area contributed by atoms with Gasteiger partial charge in [0.2, 0.25) is 0 Å². The van der Waals surface area contributed by atoms with Crippen LogP contribution in [0.4, 0.5) is 10.2 Å². The Labute approximate surface area is 187 Å². The van der Waals surface area contributed by atoms with E-state index in [4.69, 9.17) is 15.1 Å². The van der Waals surface area contributed by atoms with Gasteiger partial charge in [0.05, 0.1) is 16.8 Å². The van der Waals surface area contributed by atoms with E-state index in [0.29, 0.717) is 6.42 Å². The Morgan fingerprint density at radius 2 is 1.72 bits per heavy atom. The molecule has 4 aromatic rings. The zero-order valence-electron chi connectivity index (χ0n) is 18.5. The van der Waals surface area contributed by atoms with Crippen LogP contribution in [0.3, 0.4) is 0 Å². The Kier molecular flexibility index (Phi) is 5.57. The number of nitrogens with zero attached hydrogens (tertiary/aromatic N) is 5. The second-order valence-corrected chi connectivity index (χ2v) is 8.39. The maximum Gasteiger partial charge on any atom is 0.169 e. The topological polar surface area (TPSA) is 58.9 Å². The molecule has 0 saturated carbocycles. The van der Waals surface area contributed by atoms with Crippen molar-refractivity contribution in [3.8, 4) is 5.69 Å². The van der Waals surface area contributed by atoms with Crippen molar-refractivity contribution in [2.45, 2.75) is 26.7 Å². The lowest BCUT2D eigenvalue weighted by Crippen LogP contribution is -2.29. The molecular formula is C25H27FN6. The Morgan fingerprint density at radius 1 is 0.938 bits per heavy atom. The van der Waals surface area contributed by atoms with Gasteiger partial charge in [0.25, 0.3) is 0 Å². The van der Waals surface area contributed by atoms with Gasteiger partial charge in [0.15, 0.2) is 5.65 Å². The van der Waals surface area contributed by atoms with E-state index in [0.717, 1.165) is 66.7 Å². The lowest BCUT2D eigenvalue weighted by atomic mass is 10.1. The minimum absolute atomic E-state index is 0.269. The molecule has 6 nitrogen and oxygen atoms in total. The normalized spacial score (nSPS) is 14.7. The Balaban J connectivity index is 1.67. The summed E-state index contributed by atoms with van der Waals surface area (Å²) >= 11 is 0. The lowest BCUT2D eigenvalue weighted by Gasteiger charge is -2.22. The van der Waals surface area contributed by atoms with Gasteiger partial charge in [0, 0.05) is 26.1 Å². The molecule has 3 heterocycles. The van der Waals surface area contributed by atoms with Crippen molar-refractivity contribution in [3.05, 3.63) is 77.0 Å². The van der Waals surface area contributed by atoms with E-state index in [-0.39, 0.29) is 5.82 Å². The largest absolute Gasteiger partial charge is 0.355 e. The Hall–Kier alpha value is -3.32. The lowest BCUT2D eigenvalue weighted by molar-refractivity contribution is 0.627. The second kappa shape index (κ2) is 8.67. The van der Waals surface area contributed by atoms with Crippen molar-refractivity contribution in [2.75, 3.05) is 31.1 Å². The van der Waals surface area contributed by atoms with Crippen molar-refractivity contribution in [2.24, 2.45) is 0 Å². The summed E-state index contributed by atoms with van der Waals surface area (Å²) in [6.07, 6.45) is 1.70. The van der Waals surface area contributed by atoms with E-state index in [2.05, 4.69) is 41.4 Å². The molecule has 0 bridgehead atoms. The third kappa shape index (κ3) is 4.08. The van der Waals surface area contributed by atoms with Crippen molar-refractivity contribution in [3.63, 3.8) is 0 Å². The van der Waals surface area contributed by atoms with E-state index < -0.39 is 0 Å². The zero-order valence-corrected chi connectivity index (χ0v) is 18.5. The first-order chi connectivity index (χ1) is 15.6. The average Bonchev–Trinajstić information content (AvgIpc) is 2.96. The van der Waals surface area contributed by atoms with Crippen molar-refractivity contribution in [1.82, 2.24) is 25.1 Å². The number of aryl methyl sites for hydroxylation is 2. The molecule has 2 aromatic carbocycles. The summed E-state index contributed by atoms with van der Waals surface area (Å²) in [5.41, 5.74) is 4.82. The number of hydrogen-bond acceptors (Lipinski definition) is 5. The number of nitrogens with one attached hydrogen (secondary N) is 1. The predicted molar refractivity (Wildman–Crippen MR) is 125 cm³/mol. The fourth-order valence-corrected chi connectivity index (χ4v) is 4.22. The first-order valence-electron chi connectivity index (χ1n) is 11.1. The van der Waals surface area contributed by atoms with Crippen LogP contribution in [-0.4, -0.2) is 45.9 Å². The van der Waals surface area contributed by atoms with Crippen LogP contribution in [0.1, 0.15) is 29.1 Å². The summed E-state index contributed by atoms with van der Waals surface area (Å²) in [5, 5.41) is 9.20. The van der Waals surface area contributed by atoms with Gasteiger partial charge in [-0.1, -0.05) is 29.8 Å². The van der Waals surface area contributed by atoms with E-state index >= 15 is 0 Å². The maximum absolute atomic E-state index is 13.5. The average molecular weight is 431 g/mol. The number of rotatable bonds is 4. The fraction of sp³-hybridized carbons (Fsp3) is 0.320. The Bertz CT molecular complexity index is 1220. The van der Waals surface area contributed by atoms with Crippen LogP contribution in [0.15, 0.2) is 48.5 Å². The van der Waals surface area contributed by atoms with Gasteiger partial charge in [-0.2, -0.15) is 5.10 Å². The molecule has 0 unspecified atom stereocenters. The van der Waals surface area contributed by atoms with Gasteiger partial charge in [-0.3, -0.25) is 0 Å². The summed E-state index contributed by atoms with van der Waals surface area (Å²) in [4.78, 5) is 12.3. The van der Waals surface area contributed by atoms with Crippen LogP contribution in [-0.2, 0) is 6.42 Å². The van der Waals surface area contributed by atoms with Gasteiger partial charge in [-0.25, -0.2) is 19.0 Å². The first kappa shape index (κ1) is 20.6. The number of fused-ring (bicyclic) bond motifs is 1. The third-order valence-corrected chi connectivity index (χ3v) is 5.92. The fourth-order valence-electron chi connectivity index (χ4n) is 4.22. The molecule has 164 valence electrons. The minimum atomic E-state index is -0.269. The summed E-state index contributed by atoms with van der Waals surface area (Å²) < 4.78 is 15.3. The molecule has 1 aliphatic rings. The second-order valence-electron chi connectivity index (χ2n) is 8.39. The maximum atomic E-state index is 13.5. The molecule has 0 atom stereocenters. The van der Waals surface area contributed by atoms with E-state index in [1.807, 2.05) is 11.6 Å². The van der Waals surface area contributed by atoms with Gasteiger partial charge in [-0.15, -0.1) is 0 Å². The molecule has 0 radical (unpaired) electrons. The van der Waals surface area contributed by atoms with E-state index in [9.17, 15) is 4.39 Å². The number of aromatic nitrogens is 4. The van der Waals surface area contributed by atoms with Crippen LogP contribution in [0.5, 0.6) is 0 Å². The molecule has 1 fully saturated rings. The summed E-state index contributed by atoms with van der Waals surface area (Å²) in [6.45, 7) is 7.83. The van der Waals surface area contributed by atoms with Crippen molar-refractivity contribution >= 4 is 16.9 Å². The molecule has 0 amide bonds. The SMILES string of the molecule is Cc1ccc(Cc2nc(N3CCCNCC3)c3c(C)nn(-c4ccc(F)cc4)c3n2)cc1. The molecule has 7 heteroatoms. The smallest absolute Gasteiger partial charge is 0.169 e. The standard InChI is InChI=1S/C25H27FN6/c1-17-4-6-19(7-5-17)16-22-28-24(31-14-3-12-27-13-15-31)23-18(2)30-32(25(23)29-22)21-10-8-20(26)9-11-21/h4-11,27H,3,12-16H2,1-2H3. The molecule has 1 N–H and O–H groups in total. The zero-order chi connectivity index (χ0) is 22.1. The highest BCUT2D eigenvalue weighted by Gasteiger charge is 2.22. The molecule has 0 spiro atoms. The van der Waals surface area contributed by atoms with Gasteiger partial charge in [0.1, 0.15) is 17.5 Å². The molecule has 0 aliphatic carbocycles.